The van der Waals surface area contributed by atoms with Gasteiger partial charge in [-0.15, -0.1) is 0 Å². The molecule has 2 fully saturated rings. The molecule has 2 saturated heterocycles. The Kier molecular flexibility index (Phi) is 4.91. The monoisotopic (exact) mass is 336 g/mol. The van der Waals surface area contributed by atoms with Gasteiger partial charge in [-0.3, -0.25) is 9.59 Å². The molecule has 24 heavy (non-hydrogen) atoms. The van der Waals surface area contributed by atoms with Gasteiger partial charge < -0.3 is 23.7 Å². The second-order valence-electron chi connectivity index (χ2n) is 6.35. The number of likely N-dealkylation sites (tertiary alicyclic amines) is 1. The quantitative estimate of drug-likeness (QED) is 0.768. The average Bonchev–Trinajstić information content (AvgIpc) is 3.15. The normalized spacial score (nSPS) is 19.7. The van der Waals surface area contributed by atoms with Gasteiger partial charge in [-0.25, -0.2) is 0 Å². The van der Waals surface area contributed by atoms with Crippen LogP contribution in [0.2, 0.25) is 0 Å². The summed E-state index contributed by atoms with van der Waals surface area (Å²) in [6.45, 7) is 6.13. The number of aryl methyl sites for hydroxylation is 2. The molecule has 1 spiro atoms. The maximum absolute atomic E-state index is 12.2. The van der Waals surface area contributed by atoms with Gasteiger partial charge in [-0.1, -0.05) is 0 Å². The Morgan fingerprint density at radius 2 is 1.71 bits per heavy atom. The number of hydrogen-bond acceptors (Lipinski definition) is 5. The lowest BCUT2D eigenvalue weighted by molar-refractivity contribution is -0.188. The predicted octanol–water partition coefficient (Wildman–Crippen LogP) is 1.01. The molecule has 2 aliphatic rings. The number of hydrogen-bond donors (Lipinski definition) is 0. The number of piperidine rings is 1. The van der Waals surface area contributed by atoms with Gasteiger partial charge in [-0.2, -0.15) is 0 Å². The van der Waals surface area contributed by atoms with E-state index in [0.29, 0.717) is 39.1 Å². The summed E-state index contributed by atoms with van der Waals surface area (Å²) < 4.78 is 18.3. The molecule has 7 nitrogen and oxygen atoms in total. The summed E-state index contributed by atoms with van der Waals surface area (Å²) in [4.78, 5) is 25.9. The first-order valence-electron chi connectivity index (χ1n) is 8.33. The smallest absolute Gasteiger partial charge is 0.326 e. The zero-order valence-electron chi connectivity index (χ0n) is 14.2. The highest BCUT2D eigenvalue weighted by Crippen LogP contribution is 2.31. The maximum atomic E-state index is 12.2. The Labute approximate surface area is 141 Å². The molecule has 0 atom stereocenters. The van der Waals surface area contributed by atoms with Crippen LogP contribution in [0.1, 0.15) is 24.2 Å². The number of amides is 1. The molecule has 2 aliphatic heterocycles. The third-order valence-electron chi connectivity index (χ3n) is 4.75. The van der Waals surface area contributed by atoms with Crippen molar-refractivity contribution in [2.45, 2.75) is 39.0 Å². The van der Waals surface area contributed by atoms with Gasteiger partial charge in [0.25, 0.3) is 5.91 Å². The van der Waals surface area contributed by atoms with E-state index in [-0.39, 0.29) is 19.1 Å². The number of esters is 1. The van der Waals surface area contributed by atoms with E-state index < -0.39 is 11.8 Å². The highest BCUT2D eigenvalue weighted by atomic mass is 16.7. The summed E-state index contributed by atoms with van der Waals surface area (Å²) in [5.74, 6) is -1.07. The Balaban J connectivity index is 1.43. The van der Waals surface area contributed by atoms with Crippen LogP contribution in [0.3, 0.4) is 0 Å². The Hall–Kier alpha value is -1.86. The molecule has 0 radical (unpaired) electrons. The van der Waals surface area contributed by atoms with Crippen LogP contribution in [0.25, 0.3) is 0 Å². The van der Waals surface area contributed by atoms with Gasteiger partial charge in [-0.05, 0) is 26.0 Å². The maximum Gasteiger partial charge on any atom is 0.326 e. The van der Waals surface area contributed by atoms with Gasteiger partial charge in [0.05, 0.1) is 13.2 Å². The van der Waals surface area contributed by atoms with Crippen LogP contribution >= 0.6 is 0 Å². The first-order valence-corrected chi connectivity index (χ1v) is 8.33. The van der Waals surface area contributed by atoms with E-state index in [0.717, 1.165) is 11.4 Å². The lowest BCUT2D eigenvalue weighted by atomic mass is 10.0. The summed E-state index contributed by atoms with van der Waals surface area (Å²) in [6, 6.07) is 3.90. The average molecular weight is 336 g/mol. The van der Waals surface area contributed by atoms with Gasteiger partial charge in [0.15, 0.2) is 12.4 Å². The molecular formula is C17H24N2O5. The molecule has 0 aliphatic carbocycles. The highest BCUT2D eigenvalue weighted by Gasteiger charge is 2.40. The summed E-state index contributed by atoms with van der Waals surface area (Å²) in [5, 5.41) is 0. The SMILES string of the molecule is Cc1ccc(C)n1CC(=O)OCC(=O)N1CCC2(CC1)OCCO2. The molecule has 0 unspecified atom stereocenters. The van der Waals surface area contributed by atoms with Crippen molar-refractivity contribution in [3.05, 3.63) is 23.5 Å². The minimum atomic E-state index is -0.503. The van der Waals surface area contributed by atoms with Crippen LogP contribution < -0.4 is 0 Å². The van der Waals surface area contributed by atoms with Crippen molar-refractivity contribution in [2.24, 2.45) is 0 Å². The van der Waals surface area contributed by atoms with Crippen molar-refractivity contribution >= 4 is 11.9 Å². The number of ether oxygens (including phenoxy) is 3. The van der Waals surface area contributed by atoms with Crippen LogP contribution in [0, 0.1) is 13.8 Å². The van der Waals surface area contributed by atoms with Crippen LogP contribution in [-0.2, 0) is 30.3 Å². The molecule has 1 aromatic heterocycles. The minimum absolute atomic E-state index is 0.128. The molecule has 0 bridgehead atoms. The molecule has 3 rings (SSSR count). The number of carbonyl (C=O) groups excluding carboxylic acids is 2. The predicted molar refractivity (Wildman–Crippen MR) is 85.3 cm³/mol. The highest BCUT2D eigenvalue weighted by molar-refractivity contribution is 5.80. The van der Waals surface area contributed by atoms with Crippen LogP contribution in [0.15, 0.2) is 12.1 Å². The van der Waals surface area contributed by atoms with Crippen molar-refractivity contribution in [3.8, 4) is 0 Å². The fourth-order valence-electron chi connectivity index (χ4n) is 3.24. The van der Waals surface area contributed by atoms with E-state index in [9.17, 15) is 9.59 Å². The first-order chi connectivity index (χ1) is 11.5. The third kappa shape index (κ3) is 3.62. The summed E-state index contributed by atoms with van der Waals surface area (Å²) in [6.07, 6.45) is 1.32. The van der Waals surface area contributed by atoms with Gasteiger partial charge in [0, 0.05) is 37.3 Å². The molecular weight excluding hydrogens is 312 g/mol. The minimum Gasteiger partial charge on any atom is -0.454 e. The van der Waals surface area contributed by atoms with Gasteiger partial charge >= 0.3 is 5.97 Å². The lowest BCUT2D eigenvalue weighted by Gasteiger charge is -2.37. The second kappa shape index (κ2) is 6.94. The van der Waals surface area contributed by atoms with Gasteiger partial charge in [0.2, 0.25) is 0 Å². The van der Waals surface area contributed by atoms with Gasteiger partial charge in [0.1, 0.15) is 6.54 Å². The standard InChI is InChI=1S/C17H24N2O5/c1-13-3-4-14(2)19(13)11-16(21)22-12-15(20)18-7-5-17(6-8-18)23-9-10-24-17/h3-4H,5-12H2,1-2H3. The van der Waals surface area contributed by atoms with E-state index in [1.165, 1.54) is 0 Å². The molecule has 1 amide bonds. The van der Waals surface area contributed by atoms with Crippen molar-refractivity contribution < 1.29 is 23.8 Å². The lowest BCUT2D eigenvalue weighted by Crippen LogP contribution is -2.48. The summed E-state index contributed by atoms with van der Waals surface area (Å²) >= 11 is 0. The Morgan fingerprint density at radius 1 is 1.12 bits per heavy atom. The molecule has 3 heterocycles. The van der Waals surface area contributed by atoms with E-state index in [1.807, 2.05) is 30.5 Å². The molecule has 1 aromatic rings. The molecule has 0 saturated carbocycles. The number of carbonyl (C=O) groups is 2. The fourth-order valence-corrected chi connectivity index (χ4v) is 3.24. The van der Waals surface area contributed by atoms with E-state index >= 15 is 0 Å². The van der Waals surface area contributed by atoms with Crippen molar-refractivity contribution in [2.75, 3.05) is 32.9 Å². The van der Waals surface area contributed by atoms with Crippen LogP contribution in [0.4, 0.5) is 0 Å². The summed E-state index contributed by atoms with van der Waals surface area (Å²) in [7, 11) is 0. The number of aromatic nitrogens is 1. The second-order valence-corrected chi connectivity index (χ2v) is 6.35. The molecule has 132 valence electrons. The molecule has 0 aromatic carbocycles. The first kappa shape index (κ1) is 17.0. The van der Waals surface area contributed by atoms with Crippen molar-refractivity contribution in [1.29, 1.82) is 0 Å². The fraction of sp³-hybridized carbons (Fsp3) is 0.647. The topological polar surface area (TPSA) is 70.0 Å². The number of nitrogens with zero attached hydrogens (tertiary/aromatic N) is 2. The number of rotatable bonds is 4. The molecule has 0 N–H and O–H groups in total. The Morgan fingerprint density at radius 3 is 2.29 bits per heavy atom. The molecule has 7 heteroatoms. The van der Waals surface area contributed by atoms with E-state index in [1.54, 1.807) is 4.90 Å². The van der Waals surface area contributed by atoms with E-state index in [4.69, 9.17) is 14.2 Å². The van der Waals surface area contributed by atoms with Crippen molar-refractivity contribution in [3.63, 3.8) is 0 Å². The third-order valence-corrected chi connectivity index (χ3v) is 4.75. The van der Waals surface area contributed by atoms with Crippen LogP contribution in [-0.4, -0.2) is 60.0 Å². The zero-order valence-corrected chi connectivity index (χ0v) is 14.2. The van der Waals surface area contributed by atoms with E-state index in [2.05, 4.69) is 0 Å². The Bertz CT molecular complexity index is 589. The van der Waals surface area contributed by atoms with Crippen molar-refractivity contribution in [1.82, 2.24) is 9.47 Å². The zero-order chi connectivity index (χ0) is 17.2. The largest absolute Gasteiger partial charge is 0.454 e. The summed E-state index contributed by atoms with van der Waals surface area (Å²) in [5.41, 5.74) is 1.99. The van der Waals surface area contributed by atoms with Crippen LogP contribution in [0.5, 0.6) is 0 Å².